The summed E-state index contributed by atoms with van der Waals surface area (Å²) in [6, 6.07) is 17.5. The third kappa shape index (κ3) is 5.38. The third-order valence-corrected chi connectivity index (χ3v) is 7.21. The van der Waals surface area contributed by atoms with Gasteiger partial charge in [-0.1, -0.05) is 31.0 Å². The van der Waals surface area contributed by atoms with Crippen molar-refractivity contribution in [3.05, 3.63) is 60.3 Å². The number of nitrogens with zero attached hydrogens (tertiary/aromatic N) is 3. The van der Waals surface area contributed by atoms with E-state index in [0.717, 1.165) is 63.8 Å². The van der Waals surface area contributed by atoms with Gasteiger partial charge in [0, 0.05) is 48.4 Å². The summed E-state index contributed by atoms with van der Waals surface area (Å²) >= 11 is 0. The lowest BCUT2D eigenvalue weighted by Gasteiger charge is -2.34. The molecule has 2 fully saturated rings. The number of fused-ring (bicyclic) bond motifs is 1. The normalized spacial score (nSPS) is 17.6. The van der Waals surface area contributed by atoms with Gasteiger partial charge in [-0.2, -0.15) is 5.10 Å². The van der Waals surface area contributed by atoms with Crippen molar-refractivity contribution in [3.8, 4) is 0 Å². The van der Waals surface area contributed by atoms with Gasteiger partial charge in [-0.3, -0.25) is 9.48 Å². The zero-order valence-electron chi connectivity index (χ0n) is 19.4. The van der Waals surface area contributed by atoms with Crippen LogP contribution in [0.4, 0.5) is 5.69 Å². The van der Waals surface area contributed by atoms with Crippen LogP contribution in [-0.2, 0) is 6.54 Å². The average molecular weight is 446 g/mol. The van der Waals surface area contributed by atoms with Gasteiger partial charge >= 0.3 is 0 Å². The van der Waals surface area contributed by atoms with E-state index in [1.54, 1.807) is 0 Å². The number of para-hydroxylation sites is 1. The quantitative estimate of drug-likeness (QED) is 0.506. The summed E-state index contributed by atoms with van der Waals surface area (Å²) in [7, 11) is 0. The van der Waals surface area contributed by atoms with Crippen LogP contribution in [0.2, 0.25) is 0 Å². The summed E-state index contributed by atoms with van der Waals surface area (Å²) in [5.41, 5.74) is 3.21. The van der Waals surface area contributed by atoms with Gasteiger partial charge in [-0.15, -0.1) is 0 Å². The standard InChI is InChI=1S/C27H35N5O/c33-27(30-24-7-2-3-8-24)21-10-12-25(13-11-21)31-18-14-23(15-19-31)28-16-5-17-32-26-9-4-1-6-22(26)20-29-32/h1,4,6,9-13,20,23-24,28H,2-3,5,7-8,14-19H2,(H,30,33). The molecule has 1 saturated heterocycles. The van der Waals surface area contributed by atoms with Crippen molar-refractivity contribution >= 4 is 22.5 Å². The maximum Gasteiger partial charge on any atom is 0.251 e. The number of carbonyl (C=O) groups excluding carboxylic acids is 1. The first kappa shape index (κ1) is 22.0. The topological polar surface area (TPSA) is 62.2 Å². The van der Waals surface area contributed by atoms with E-state index in [4.69, 9.17) is 0 Å². The SMILES string of the molecule is O=C(NC1CCCC1)c1ccc(N2CCC(NCCCn3ncc4ccccc43)CC2)cc1. The first-order chi connectivity index (χ1) is 16.3. The fraction of sp³-hybridized carbons (Fsp3) is 0.481. The fourth-order valence-electron chi connectivity index (χ4n) is 5.24. The number of amides is 1. The maximum atomic E-state index is 12.5. The van der Waals surface area contributed by atoms with Crippen molar-refractivity contribution in [2.75, 3.05) is 24.5 Å². The van der Waals surface area contributed by atoms with Crippen molar-refractivity contribution in [2.24, 2.45) is 0 Å². The number of hydrogen-bond donors (Lipinski definition) is 2. The molecule has 2 N–H and O–H groups in total. The number of rotatable bonds is 8. The molecule has 2 aliphatic rings. The second-order valence-corrected chi connectivity index (χ2v) is 9.50. The minimum Gasteiger partial charge on any atom is -0.371 e. The van der Waals surface area contributed by atoms with Crippen LogP contribution in [0.25, 0.3) is 10.9 Å². The van der Waals surface area contributed by atoms with Crippen LogP contribution in [-0.4, -0.2) is 47.4 Å². The summed E-state index contributed by atoms with van der Waals surface area (Å²) < 4.78 is 2.11. The lowest BCUT2D eigenvalue weighted by Crippen LogP contribution is -2.43. The number of carbonyl (C=O) groups is 1. The molecule has 1 amide bonds. The van der Waals surface area contributed by atoms with Gasteiger partial charge in [0.15, 0.2) is 0 Å². The van der Waals surface area contributed by atoms with Crippen molar-refractivity contribution in [1.29, 1.82) is 0 Å². The van der Waals surface area contributed by atoms with Gasteiger partial charge < -0.3 is 15.5 Å². The predicted molar refractivity (Wildman–Crippen MR) is 134 cm³/mol. The maximum absolute atomic E-state index is 12.5. The highest BCUT2D eigenvalue weighted by Crippen LogP contribution is 2.22. The molecule has 5 rings (SSSR count). The van der Waals surface area contributed by atoms with E-state index in [1.165, 1.54) is 29.4 Å². The van der Waals surface area contributed by atoms with E-state index in [2.05, 4.69) is 61.7 Å². The van der Waals surface area contributed by atoms with Crippen molar-refractivity contribution in [3.63, 3.8) is 0 Å². The molecule has 1 saturated carbocycles. The zero-order valence-corrected chi connectivity index (χ0v) is 19.4. The third-order valence-electron chi connectivity index (χ3n) is 7.21. The molecule has 6 nitrogen and oxygen atoms in total. The number of aryl methyl sites for hydroxylation is 1. The highest BCUT2D eigenvalue weighted by Gasteiger charge is 2.20. The largest absolute Gasteiger partial charge is 0.371 e. The van der Waals surface area contributed by atoms with E-state index in [0.29, 0.717) is 12.1 Å². The number of hydrogen-bond acceptors (Lipinski definition) is 4. The van der Waals surface area contributed by atoms with E-state index >= 15 is 0 Å². The minimum absolute atomic E-state index is 0.0690. The number of anilines is 1. The molecule has 2 heterocycles. The Labute approximate surface area is 196 Å². The van der Waals surface area contributed by atoms with Gasteiger partial charge in [0.1, 0.15) is 0 Å². The lowest BCUT2D eigenvalue weighted by molar-refractivity contribution is 0.0938. The van der Waals surface area contributed by atoms with Gasteiger partial charge in [-0.25, -0.2) is 0 Å². The number of nitrogens with one attached hydrogen (secondary N) is 2. The number of piperidine rings is 1. The first-order valence-electron chi connectivity index (χ1n) is 12.6. The summed E-state index contributed by atoms with van der Waals surface area (Å²) in [4.78, 5) is 14.9. The van der Waals surface area contributed by atoms with Crippen LogP contribution in [0.1, 0.15) is 55.3 Å². The van der Waals surface area contributed by atoms with Crippen LogP contribution >= 0.6 is 0 Å². The first-order valence-corrected chi connectivity index (χ1v) is 12.6. The predicted octanol–water partition coefficient (Wildman–Crippen LogP) is 4.36. The summed E-state index contributed by atoms with van der Waals surface area (Å²) in [5, 5.41) is 12.6. The van der Waals surface area contributed by atoms with Crippen LogP contribution in [0.3, 0.4) is 0 Å². The Bertz CT molecular complexity index is 1050. The fourth-order valence-corrected chi connectivity index (χ4v) is 5.24. The monoisotopic (exact) mass is 445 g/mol. The van der Waals surface area contributed by atoms with Crippen molar-refractivity contribution < 1.29 is 4.79 Å². The Balaban J connectivity index is 1.03. The molecule has 0 bridgehead atoms. The second-order valence-electron chi connectivity index (χ2n) is 9.50. The highest BCUT2D eigenvalue weighted by atomic mass is 16.1. The van der Waals surface area contributed by atoms with E-state index in [1.807, 2.05) is 18.3 Å². The molecule has 3 aromatic rings. The number of aromatic nitrogens is 2. The van der Waals surface area contributed by atoms with Gasteiger partial charge in [-0.05, 0) is 69.0 Å². The van der Waals surface area contributed by atoms with Gasteiger partial charge in [0.25, 0.3) is 5.91 Å². The molecule has 2 aromatic carbocycles. The van der Waals surface area contributed by atoms with Crippen molar-refractivity contribution in [2.45, 2.75) is 63.6 Å². The summed E-state index contributed by atoms with van der Waals surface area (Å²) in [6.45, 7) is 4.06. The highest BCUT2D eigenvalue weighted by molar-refractivity contribution is 5.94. The zero-order chi connectivity index (χ0) is 22.5. The molecule has 1 aliphatic heterocycles. The Morgan fingerprint density at radius 2 is 1.70 bits per heavy atom. The lowest BCUT2D eigenvalue weighted by atomic mass is 10.0. The molecule has 0 radical (unpaired) electrons. The number of benzene rings is 2. The smallest absolute Gasteiger partial charge is 0.251 e. The Hall–Kier alpha value is -2.86. The van der Waals surface area contributed by atoms with Crippen LogP contribution < -0.4 is 15.5 Å². The van der Waals surface area contributed by atoms with Crippen molar-refractivity contribution in [1.82, 2.24) is 20.4 Å². The van der Waals surface area contributed by atoms with Crippen LogP contribution in [0.15, 0.2) is 54.7 Å². The Kier molecular flexibility index (Phi) is 6.91. The molecule has 1 aliphatic carbocycles. The molecule has 0 atom stereocenters. The van der Waals surface area contributed by atoms with Crippen LogP contribution in [0.5, 0.6) is 0 Å². The van der Waals surface area contributed by atoms with E-state index in [9.17, 15) is 4.79 Å². The average Bonchev–Trinajstić information content (AvgIpc) is 3.52. The second kappa shape index (κ2) is 10.4. The molecule has 6 heteroatoms. The van der Waals surface area contributed by atoms with E-state index < -0.39 is 0 Å². The molecule has 0 unspecified atom stereocenters. The molecule has 0 spiro atoms. The molecule has 1 aromatic heterocycles. The summed E-state index contributed by atoms with van der Waals surface area (Å²) in [5.74, 6) is 0.0690. The Morgan fingerprint density at radius 3 is 2.48 bits per heavy atom. The molecule has 33 heavy (non-hydrogen) atoms. The van der Waals surface area contributed by atoms with Gasteiger partial charge in [0.05, 0.1) is 11.7 Å². The Morgan fingerprint density at radius 1 is 0.939 bits per heavy atom. The van der Waals surface area contributed by atoms with E-state index in [-0.39, 0.29) is 5.91 Å². The molecular formula is C27H35N5O. The summed E-state index contributed by atoms with van der Waals surface area (Å²) in [6.07, 6.45) is 10.0. The van der Waals surface area contributed by atoms with Gasteiger partial charge in [0.2, 0.25) is 0 Å². The molecule has 174 valence electrons. The molecular weight excluding hydrogens is 410 g/mol. The van der Waals surface area contributed by atoms with Crippen LogP contribution in [0, 0.1) is 0 Å². The minimum atomic E-state index is 0.0690.